The van der Waals surface area contributed by atoms with Crippen molar-refractivity contribution in [1.82, 2.24) is 10.4 Å². The fourth-order valence-corrected chi connectivity index (χ4v) is 2.14. The molecule has 0 aliphatic heterocycles. The molecule has 0 radical (unpaired) electrons. The molecule has 0 aliphatic carbocycles. The second-order valence-corrected chi connectivity index (χ2v) is 5.01. The van der Waals surface area contributed by atoms with E-state index >= 15 is 0 Å². The molecule has 1 unspecified atom stereocenters. The molecule has 2 N–H and O–H groups in total. The van der Waals surface area contributed by atoms with E-state index in [-0.39, 0.29) is 6.04 Å². The molecule has 1 aromatic heterocycles. The maximum atomic E-state index is 9.61. The van der Waals surface area contributed by atoms with Crippen molar-refractivity contribution in [3.63, 3.8) is 0 Å². The van der Waals surface area contributed by atoms with Crippen molar-refractivity contribution >= 4 is 13.1 Å². The fraction of sp³-hybridized carbons (Fsp3) is 0.250. The summed E-state index contributed by atoms with van der Waals surface area (Å²) in [7, 11) is -0.732. The van der Waals surface area contributed by atoms with Crippen LogP contribution in [0.15, 0.2) is 47.2 Å². The number of rotatable bonds is 8. The van der Waals surface area contributed by atoms with Gasteiger partial charge in [-0.1, -0.05) is 35.5 Å². The van der Waals surface area contributed by atoms with Gasteiger partial charge in [0, 0.05) is 11.6 Å². The molecule has 1 aromatic carbocycles. The molecular formula is C16H18BN3O3. The maximum absolute atomic E-state index is 9.61. The Balaban J connectivity index is 2.04. The molecule has 23 heavy (non-hydrogen) atoms. The molecule has 1 heterocycles. The molecule has 1 atom stereocenters. The topological polar surface area (TPSA) is 91.3 Å². The predicted octanol–water partition coefficient (Wildman–Crippen LogP) is 2.17. The molecule has 0 spiro atoms. The lowest BCUT2D eigenvalue weighted by Gasteiger charge is -2.18. The summed E-state index contributed by atoms with van der Waals surface area (Å²) < 4.78 is 10.7. The Hall–Kier alpha value is -2.40. The zero-order chi connectivity index (χ0) is 16.5. The second kappa shape index (κ2) is 8.91. The van der Waals surface area contributed by atoms with Crippen LogP contribution in [-0.4, -0.2) is 23.8 Å². The van der Waals surface area contributed by atoms with Crippen LogP contribution < -0.4 is 5.23 Å². The van der Waals surface area contributed by atoms with Gasteiger partial charge in [0.2, 0.25) is 0 Å². The van der Waals surface area contributed by atoms with Gasteiger partial charge in [-0.2, -0.15) is 5.26 Å². The molecule has 2 aromatic rings. The SMILES string of the molecule is CB(O)NC(COCc1ccccc1)c1nocc1/C=C/C#N. The first-order valence-electron chi connectivity index (χ1n) is 7.27. The van der Waals surface area contributed by atoms with E-state index in [1.165, 1.54) is 12.3 Å². The summed E-state index contributed by atoms with van der Waals surface area (Å²) in [6, 6.07) is 11.4. The van der Waals surface area contributed by atoms with Crippen molar-refractivity contribution < 1.29 is 14.3 Å². The van der Waals surface area contributed by atoms with Gasteiger partial charge >= 0.3 is 7.05 Å². The zero-order valence-electron chi connectivity index (χ0n) is 12.8. The summed E-state index contributed by atoms with van der Waals surface area (Å²) in [6.45, 7) is 2.38. The highest BCUT2D eigenvalue weighted by atomic mass is 16.5. The number of benzene rings is 1. The summed E-state index contributed by atoms with van der Waals surface area (Å²) in [6.07, 6.45) is 4.41. The highest BCUT2D eigenvalue weighted by Gasteiger charge is 2.21. The summed E-state index contributed by atoms with van der Waals surface area (Å²) in [5.41, 5.74) is 2.33. The van der Waals surface area contributed by atoms with E-state index < -0.39 is 7.05 Å². The Morgan fingerprint density at radius 2 is 2.26 bits per heavy atom. The first-order valence-corrected chi connectivity index (χ1v) is 7.27. The molecule has 118 valence electrons. The third-order valence-corrected chi connectivity index (χ3v) is 3.13. The smallest absolute Gasteiger partial charge is 0.374 e. The lowest BCUT2D eigenvalue weighted by molar-refractivity contribution is 0.101. The minimum absolute atomic E-state index is 0.305. The third-order valence-electron chi connectivity index (χ3n) is 3.13. The van der Waals surface area contributed by atoms with Gasteiger partial charge in [0.1, 0.15) is 12.0 Å². The van der Waals surface area contributed by atoms with Crippen molar-refractivity contribution in [3.05, 3.63) is 59.5 Å². The first kappa shape index (κ1) is 17.0. The standard InChI is InChI=1S/C16H18BN3O3/c1-17(21)19-15(12-22-10-13-6-3-2-4-7-13)16-14(8-5-9-18)11-23-20-16/h2-8,11,15,19,21H,10,12H2,1H3/b8-5+. The van der Waals surface area contributed by atoms with E-state index in [4.69, 9.17) is 14.5 Å². The average molecular weight is 311 g/mol. The molecule has 0 saturated heterocycles. The van der Waals surface area contributed by atoms with Gasteiger partial charge in [0.25, 0.3) is 0 Å². The predicted molar refractivity (Wildman–Crippen MR) is 87.0 cm³/mol. The molecule has 2 rings (SSSR count). The molecular weight excluding hydrogens is 293 g/mol. The maximum Gasteiger partial charge on any atom is 0.374 e. The quantitative estimate of drug-likeness (QED) is 0.573. The van der Waals surface area contributed by atoms with E-state index in [9.17, 15) is 5.02 Å². The molecule has 6 nitrogen and oxygen atoms in total. The summed E-state index contributed by atoms with van der Waals surface area (Å²) in [4.78, 5) is 0. The van der Waals surface area contributed by atoms with Gasteiger partial charge in [0.05, 0.1) is 25.3 Å². The van der Waals surface area contributed by atoms with Crippen LogP contribution in [0, 0.1) is 11.3 Å². The number of nitrogens with zero attached hydrogens (tertiary/aromatic N) is 2. The first-order chi connectivity index (χ1) is 11.2. The van der Waals surface area contributed by atoms with Crippen LogP contribution in [0.1, 0.15) is 22.9 Å². The summed E-state index contributed by atoms with van der Waals surface area (Å²) >= 11 is 0. The van der Waals surface area contributed by atoms with Crippen LogP contribution in [-0.2, 0) is 11.3 Å². The van der Waals surface area contributed by atoms with Crippen LogP contribution >= 0.6 is 0 Å². The van der Waals surface area contributed by atoms with Crippen molar-refractivity contribution in [2.45, 2.75) is 19.5 Å². The number of ether oxygens (including phenoxy) is 1. The van der Waals surface area contributed by atoms with Gasteiger partial charge in [-0.25, -0.2) is 0 Å². The highest BCUT2D eigenvalue weighted by molar-refractivity contribution is 6.45. The zero-order valence-corrected chi connectivity index (χ0v) is 12.8. The minimum atomic E-state index is -0.732. The number of hydrogen-bond donors (Lipinski definition) is 2. The van der Waals surface area contributed by atoms with Gasteiger partial charge in [0.15, 0.2) is 0 Å². The van der Waals surface area contributed by atoms with E-state index in [1.54, 1.807) is 12.9 Å². The lowest BCUT2D eigenvalue weighted by Crippen LogP contribution is -2.37. The minimum Gasteiger partial charge on any atom is -0.437 e. The molecule has 0 bridgehead atoms. The van der Waals surface area contributed by atoms with Crippen molar-refractivity contribution in [1.29, 1.82) is 5.26 Å². The number of nitrogens with one attached hydrogen (secondary N) is 1. The van der Waals surface area contributed by atoms with Gasteiger partial charge in [-0.15, -0.1) is 0 Å². The molecule has 0 fully saturated rings. The molecule has 7 heteroatoms. The number of hydrogen-bond acceptors (Lipinski definition) is 6. The average Bonchev–Trinajstić information content (AvgIpc) is 3.01. The molecule has 0 amide bonds. The Morgan fingerprint density at radius 3 is 2.96 bits per heavy atom. The van der Waals surface area contributed by atoms with Crippen molar-refractivity contribution in [2.75, 3.05) is 6.61 Å². The van der Waals surface area contributed by atoms with Gasteiger partial charge in [-0.05, 0) is 18.5 Å². The Morgan fingerprint density at radius 1 is 1.48 bits per heavy atom. The molecule has 0 saturated carbocycles. The Labute approximate surface area is 135 Å². The lowest BCUT2D eigenvalue weighted by atomic mass is 9.86. The van der Waals surface area contributed by atoms with Crippen LogP contribution in [0.25, 0.3) is 6.08 Å². The molecule has 0 aliphatic rings. The summed E-state index contributed by atoms with van der Waals surface area (Å²) in [5.74, 6) is 0. The third kappa shape index (κ3) is 5.38. The summed E-state index contributed by atoms with van der Waals surface area (Å²) in [5, 5.41) is 25.2. The van der Waals surface area contributed by atoms with E-state index in [0.29, 0.717) is 24.5 Å². The highest BCUT2D eigenvalue weighted by Crippen LogP contribution is 2.19. The van der Waals surface area contributed by atoms with Crippen LogP contribution in [0.4, 0.5) is 0 Å². The van der Waals surface area contributed by atoms with E-state index in [1.807, 2.05) is 36.4 Å². The van der Waals surface area contributed by atoms with Crippen molar-refractivity contribution in [3.8, 4) is 6.07 Å². The van der Waals surface area contributed by atoms with Crippen LogP contribution in [0.2, 0.25) is 6.82 Å². The fourth-order valence-electron chi connectivity index (χ4n) is 2.14. The van der Waals surface area contributed by atoms with Gasteiger partial charge < -0.3 is 19.5 Å². The van der Waals surface area contributed by atoms with Crippen LogP contribution in [0.3, 0.4) is 0 Å². The largest absolute Gasteiger partial charge is 0.437 e. The normalized spacial score (nSPS) is 12.2. The second-order valence-electron chi connectivity index (χ2n) is 5.01. The van der Waals surface area contributed by atoms with Crippen LogP contribution in [0.5, 0.6) is 0 Å². The number of allylic oxidation sites excluding steroid dienone is 1. The van der Waals surface area contributed by atoms with E-state index in [2.05, 4.69) is 10.4 Å². The Bertz CT molecular complexity index is 665. The van der Waals surface area contributed by atoms with E-state index in [0.717, 1.165) is 5.56 Å². The Kier molecular flexibility index (Phi) is 6.57. The number of nitriles is 1. The van der Waals surface area contributed by atoms with Crippen molar-refractivity contribution in [2.24, 2.45) is 0 Å². The number of aromatic nitrogens is 1. The monoisotopic (exact) mass is 311 g/mol. The van der Waals surface area contributed by atoms with Gasteiger partial charge in [-0.3, -0.25) is 0 Å².